The van der Waals surface area contributed by atoms with Gasteiger partial charge in [-0.25, -0.2) is 0 Å². The molecule has 0 bridgehead atoms. The minimum Gasteiger partial charge on any atom is -0.492 e. The van der Waals surface area contributed by atoms with E-state index in [0.29, 0.717) is 13.2 Å². The van der Waals surface area contributed by atoms with Crippen molar-refractivity contribution in [1.29, 1.82) is 0 Å². The van der Waals surface area contributed by atoms with Crippen LogP contribution < -0.4 is 10.1 Å². The lowest BCUT2D eigenvalue weighted by molar-refractivity contribution is -0.143. The van der Waals surface area contributed by atoms with Crippen molar-refractivity contribution in [2.24, 2.45) is 11.8 Å². The van der Waals surface area contributed by atoms with Crippen molar-refractivity contribution in [3.05, 3.63) is 24.3 Å². The molecule has 1 N–H and O–H groups in total. The van der Waals surface area contributed by atoms with E-state index in [9.17, 15) is 4.79 Å². The van der Waals surface area contributed by atoms with Crippen molar-refractivity contribution in [2.75, 3.05) is 38.2 Å². The largest absolute Gasteiger partial charge is 0.492 e. The summed E-state index contributed by atoms with van der Waals surface area (Å²) >= 11 is 0. The van der Waals surface area contributed by atoms with Crippen LogP contribution in [-0.4, -0.2) is 49.3 Å². The first-order valence-electron chi connectivity index (χ1n) is 11.9. The highest BCUT2D eigenvalue weighted by atomic mass is 16.5. The van der Waals surface area contributed by atoms with Crippen LogP contribution in [-0.2, 0) is 9.53 Å². The van der Waals surface area contributed by atoms with Gasteiger partial charge in [0.1, 0.15) is 18.0 Å². The fourth-order valence-electron chi connectivity index (χ4n) is 5.16. The fraction of sp³-hybridized carbons (Fsp3) is 0.720. The van der Waals surface area contributed by atoms with Crippen molar-refractivity contribution < 1.29 is 14.3 Å². The molecule has 0 spiro atoms. The Morgan fingerprint density at radius 1 is 1.07 bits per heavy atom. The van der Waals surface area contributed by atoms with E-state index < -0.39 is 5.60 Å². The average molecular weight is 417 g/mol. The lowest BCUT2D eigenvalue weighted by Gasteiger charge is -2.34. The summed E-state index contributed by atoms with van der Waals surface area (Å²) in [5.74, 6) is 2.38. The smallest absolute Gasteiger partial charge is 0.256 e. The first-order valence-corrected chi connectivity index (χ1v) is 11.9. The molecule has 1 aromatic carbocycles. The van der Waals surface area contributed by atoms with E-state index in [4.69, 9.17) is 9.47 Å². The molecule has 1 heterocycles. The Labute approximate surface area is 182 Å². The van der Waals surface area contributed by atoms with Crippen LogP contribution in [0.4, 0.5) is 5.69 Å². The van der Waals surface area contributed by atoms with Gasteiger partial charge in [-0.2, -0.15) is 0 Å². The summed E-state index contributed by atoms with van der Waals surface area (Å²) in [6, 6.07) is 7.73. The van der Waals surface area contributed by atoms with Crippen LogP contribution in [0, 0.1) is 11.8 Å². The van der Waals surface area contributed by atoms with Crippen molar-refractivity contribution in [3.8, 4) is 5.75 Å². The van der Waals surface area contributed by atoms with E-state index in [1.54, 1.807) is 0 Å². The fourth-order valence-corrected chi connectivity index (χ4v) is 5.16. The molecule has 5 nitrogen and oxygen atoms in total. The van der Waals surface area contributed by atoms with Crippen LogP contribution in [0.2, 0.25) is 0 Å². The second-order valence-electron chi connectivity index (χ2n) is 9.37. The van der Waals surface area contributed by atoms with Crippen molar-refractivity contribution in [3.63, 3.8) is 0 Å². The number of carbonyl (C=O) groups excluding carboxylic acids is 1. The van der Waals surface area contributed by atoms with Gasteiger partial charge < -0.3 is 14.8 Å². The zero-order valence-electron chi connectivity index (χ0n) is 19.1. The molecule has 0 unspecified atom stereocenters. The number of hydrogen-bond donors (Lipinski definition) is 1. The van der Waals surface area contributed by atoms with Crippen LogP contribution in [0.5, 0.6) is 5.75 Å². The molecule has 1 amide bonds. The zero-order chi connectivity index (χ0) is 21.4. The number of piperidine rings is 1. The number of anilines is 1. The Hall–Kier alpha value is -1.59. The molecule has 0 radical (unpaired) electrons. The van der Waals surface area contributed by atoms with E-state index in [2.05, 4.69) is 24.1 Å². The number of benzene rings is 1. The van der Waals surface area contributed by atoms with E-state index in [0.717, 1.165) is 55.5 Å². The van der Waals surface area contributed by atoms with Gasteiger partial charge in [0.25, 0.3) is 5.91 Å². The zero-order valence-corrected chi connectivity index (χ0v) is 19.1. The lowest BCUT2D eigenvalue weighted by atomic mass is 9.92. The van der Waals surface area contributed by atoms with Crippen LogP contribution in [0.1, 0.15) is 65.7 Å². The van der Waals surface area contributed by atoms with Crippen LogP contribution in [0.15, 0.2) is 24.3 Å². The molecule has 2 aliphatic rings. The standard InChI is InChI=1S/C25H40N2O3/c1-4-30-25(13-7-5-6-8-14-25)24(28)26-22-9-11-23(12-10-22)29-16-15-27-18-20(2)17-21(3)19-27/h9-12,20-21H,4-8,13-19H2,1-3H3,(H,26,28)/t20-,21+. The van der Waals surface area contributed by atoms with Gasteiger partial charge in [-0.05, 0) is 62.3 Å². The molecule has 5 heteroatoms. The summed E-state index contributed by atoms with van der Waals surface area (Å²) in [4.78, 5) is 15.6. The van der Waals surface area contributed by atoms with Gasteiger partial charge in [-0.3, -0.25) is 9.69 Å². The van der Waals surface area contributed by atoms with E-state index >= 15 is 0 Å². The monoisotopic (exact) mass is 416 g/mol. The molecule has 1 saturated carbocycles. The van der Waals surface area contributed by atoms with Gasteiger partial charge >= 0.3 is 0 Å². The minimum atomic E-state index is -0.677. The Morgan fingerprint density at radius 3 is 2.30 bits per heavy atom. The summed E-state index contributed by atoms with van der Waals surface area (Å²) in [6.45, 7) is 11.2. The number of rotatable bonds is 8. The van der Waals surface area contributed by atoms with E-state index in [-0.39, 0.29) is 5.91 Å². The number of hydrogen-bond acceptors (Lipinski definition) is 4. The Morgan fingerprint density at radius 2 is 1.70 bits per heavy atom. The number of nitrogens with zero attached hydrogens (tertiary/aromatic N) is 1. The molecule has 2 atom stereocenters. The number of nitrogens with one attached hydrogen (secondary N) is 1. The first kappa shape index (κ1) is 23.1. The van der Waals surface area contributed by atoms with Gasteiger partial charge in [-0.1, -0.05) is 39.5 Å². The van der Waals surface area contributed by atoms with Crippen LogP contribution in [0.3, 0.4) is 0 Å². The minimum absolute atomic E-state index is 0.00624. The molecule has 2 fully saturated rings. The molecule has 3 rings (SSSR count). The highest BCUT2D eigenvalue weighted by molar-refractivity contribution is 5.97. The number of carbonyl (C=O) groups is 1. The molecular weight excluding hydrogens is 376 g/mol. The third-order valence-corrected chi connectivity index (χ3v) is 6.48. The highest BCUT2D eigenvalue weighted by Crippen LogP contribution is 2.32. The third-order valence-electron chi connectivity index (χ3n) is 6.48. The second-order valence-corrected chi connectivity index (χ2v) is 9.37. The molecule has 1 aliphatic heterocycles. The second kappa shape index (κ2) is 11.1. The SMILES string of the molecule is CCOC1(C(=O)Nc2ccc(OCCN3C[C@H](C)C[C@H](C)C3)cc2)CCCCCC1. The molecule has 1 aromatic rings. The number of likely N-dealkylation sites (tertiary alicyclic amines) is 1. The van der Waals surface area contributed by atoms with Gasteiger partial charge in [0.15, 0.2) is 0 Å². The molecular formula is C25H40N2O3. The summed E-state index contributed by atoms with van der Waals surface area (Å²) in [7, 11) is 0. The Balaban J connectivity index is 1.49. The predicted molar refractivity (Wildman–Crippen MR) is 122 cm³/mol. The lowest BCUT2D eigenvalue weighted by Crippen LogP contribution is -2.45. The van der Waals surface area contributed by atoms with Gasteiger partial charge in [0.2, 0.25) is 0 Å². The summed E-state index contributed by atoms with van der Waals surface area (Å²) < 4.78 is 11.9. The van der Waals surface area contributed by atoms with Gasteiger partial charge in [0.05, 0.1) is 0 Å². The van der Waals surface area contributed by atoms with Crippen molar-refractivity contribution >= 4 is 11.6 Å². The molecule has 0 aromatic heterocycles. The average Bonchev–Trinajstić information content (AvgIpc) is 2.95. The maximum absolute atomic E-state index is 13.0. The summed E-state index contributed by atoms with van der Waals surface area (Å²) in [6.07, 6.45) is 7.41. The molecule has 168 valence electrons. The third kappa shape index (κ3) is 6.45. The van der Waals surface area contributed by atoms with Gasteiger partial charge in [0, 0.05) is 31.9 Å². The van der Waals surface area contributed by atoms with Crippen LogP contribution >= 0.6 is 0 Å². The van der Waals surface area contributed by atoms with Crippen molar-refractivity contribution in [1.82, 2.24) is 4.90 Å². The molecule has 1 saturated heterocycles. The normalized spacial score (nSPS) is 24.8. The number of ether oxygens (including phenoxy) is 2. The quantitative estimate of drug-likeness (QED) is 0.598. The van der Waals surface area contributed by atoms with E-state index in [1.807, 2.05) is 31.2 Å². The highest BCUT2D eigenvalue weighted by Gasteiger charge is 2.39. The van der Waals surface area contributed by atoms with Crippen LogP contribution in [0.25, 0.3) is 0 Å². The summed E-state index contributed by atoms with van der Waals surface area (Å²) in [5.41, 5.74) is 0.123. The molecule has 30 heavy (non-hydrogen) atoms. The maximum atomic E-state index is 13.0. The van der Waals surface area contributed by atoms with Gasteiger partial charge in [-0.15, -0.1) is 0 Å². The maximum Gasteiger partial charge on any atom is 0.256 e. The topological polar surface area (TPSA) is 50.8 Å². The molecule has 1 aliphatic carbocycles. The Bertz CT molecular complexity index is 643. The van der Waals surface area contributed by atoms with Crippen molar-refractivity contribution in [2.45, 2.75) is 71.3 Å². The Kier molecular flexibility index (Phi) is 8.58. The summed E-state index contributed by atoms with van der Waals surface area (Å²) in [5, 5.41) is 3.08. The van der Waals surface area contributed by atoms with E-state index in [1.165, 1.54) is 32.4 Å². The first-order chi connectivity index (χ1) is 14.5. The predicted octanol–water partition coefficient (Wildman–Crippen LogP) is 5.11. The number of amides is 1.